The number of carbonyl (C=O) groups excluding carboxylic acids is 4. The highest BCUT2D eigenvalue weighted by Gasteiger charge is 2.31. The fourth-order valence-corrected chi connectivity index (χ4v) is 5.39. The van der Waals surface area contributed by atoms with Gasteiger partial charge in [-0.1, -0.05) is 61.5 Å². The second-order valence-electron chi connectivity index (χ2n) is 11.9. The van der Waals surface area contributed by atoms with E-state index in [2.05, 4.69) is 10.6 Å². The summed E-state index contributed by atoms with van der Waals surface area (Å²) in [5.74, 6) is -1.02. The average Bonchev–Trinajstić information content (AvgIpc) is 3.17. The zero-order chi connectivity index (χ0) is 32.1. The van der Waals surface area contributed by atoms with Gasteiger partial charge in [-0.15, -0.1) is 0 Å². The summed E-state index contributed by atoms with van der Waals surface area (Å²) >= 11 is 0. The molecule has 0 fully saturated rings. The minimum absolute atomic E-state index is 0.0688. The summed E-state index contributed by atoms with van der Waals surface area (Å²) in [4.78, 5) is 56.3. The first-order valence-corrected chi connectivity index (χ1v) is 15.2. The summed E-state index contributed by atoms with van der Waals surface area (Å²) in [7, 11) is 0. The van der Waals surface area contributed by atoms with Crippen LogP contribution in [-0.4, -0.2) is 42.3 Å². The number of benzene rings is 4. The van der Waals surface area contributed by atoms with Crippen molar-refractivity contribution in [1.82, 2.24) is 5.32 Å². The van der Waals surface area contributed by atoms with Crippen molar-refractivity contribution in [2.45, 2.75) is 46.1 Å². The van der Waals surface area contributed by atoms with Gasteiger partial charge in [0.05, 0.1) is 11.4 Å². The van der Waals surface area contributed by atoms with Crippen LogP contribution in [0.15, 0.2) is 97.1 Å². The van der Waals surface area contributed by atoms with E-state index in [0.717, 1.165) is 23.1 Å². The van der Waals surface area contributed by atoms with Gasteiger partial charge in [-0.25, -0.2) is 0 Å². The number of fused-ring (bicyclic) bond motifs is 1. The second kappa shape index (κ2) is 13.2. The third-order valence-corrected chi connectivity index (χ3v) is 8.22. The molecule has 0 bridgehead atoms. The van der Waals surface area contributed by atoms with Crippen LogP contribution in [0.4, 0.5) is 17.1 Å². The third-order valence-electron chi connectivity index (χ3n) is 8.22. The number of hydrogen-bond acceptors (Lipinski definition) is 4. The van der Waals surface area contributed by atoms with Gasteiger partial charge >= 0.3 is 0 Å². The summed E-state index contributed by atoms with van der Waals surface area (Å²) < 4.78 is 0. The average molecular weight is 603 g/mol. The largest absolute Gasteiger partial charge is 0.350 e. The van der Waals surface area contributed by atoms with E-state index < -0.39 is 5.54 Å². The summed E-state index contributed by atoms with van der Waals surface area (Å²) in [6.07, 6.45) is 0.814. The van der Waals surface area contributed by atoms with Crippen LogP contribution >= 0.6 is 0 Å². The van der Waals surface area contributed by atoms with Crippen LogP contribution < -0.4 is 20.4 Å². The predicted octanol–water partition coefficient (Wildman–Crippen LogP) is 6.60. The monoisotopic (exact) mass is 602 g/mol. The molecule has 0 unspecified atom stereocenters. The van der Waals surface area contributed by atoms with E-state index in [1.165, 1.54) is 4.90 Å². The van der Waals surface area contributed by atoms with Gasteiger partial charge in [0.15, 0.2) is 0 Å². The summed E-state index contributed by atoms with van der Waals surface area (Å²) in [6, 6.07) is 29.3. The number of hydrogen-bond donors (Lipinski definition) is 2. The van der Waals surface area contributed by atoms with Gasteiger partial charge in [0, 0.05) is 35.3 Å². The Kier molecular flexibility index (Phi) is 9.13. The quantitative estimate of drug-likeness (QED) is 0.237. The van der Waals surface area contributed by atoms with E-state index in [0.29, 0.717) is 28.2 Å². The van der Waals surface area contributed by atoms with Crippen molar-refractivity contribution in [2.75, 3.05) is 28.2 Å². The Morgan fingerprint density at radius 1 is 0.800 bits per heavy atom. The molecule has 1 aliphatic heterocycles. The van der Waals surface area contributed by atoms with Crippen LogP contribution in [0.1, 0.15) is 59.9 Å². The second-order valence-corrected chi connectivity index (χ2v) is 11.9. The number of anilines is 3. The number of nitrogens with zero attached hydrogens (tertiary/aromatic N) is 2. The lowest BCUT2D eigenvalue weighted by Crippen LogP contribution is -2.48. The number of nitrogens with one attached hydrogen (secondary N) is 2. The molecular formula is C37H38N4O4. The summed E-state index contributed by atoms with van der Waals surface area (Å²) in [5.41, 5.74) is 5.08. The Hall–Kier alpha value is -5.24. The lowest BCUT2D eigenvalue weighted by atomic mass is 9.95. The van der Waals surface area contributed by atoms with Crippen LogP contribution in [-0.2, 0) is 9.59 Å². The molecule has 0 saturated heterocycles. The van der Waals surface area contributed by atoms with Crippen molar-refractivity contribution in [3.05, 3.63) is 114 Å². The molecule has 0 aliphatic carbocycles. The molecular weight excluding hydrogens is 564 g/mol. The lowest BCUT2D eigenvalue weighted by Gasteiger charge is -2.28. The maximum atomic E-state index is 13.8. The van der Waals surface area contributed by atoms with Crippen molar-refractivity contribution in [3.63, 3.8) is 0 Å². The molecule has 2 N–H and O–H groups in total. The zero-order valence-electron chi connectivity index (χ0n) is 26.1. The molecule has 230 valence electrons. The fourth-order valence-electron chi connectivity index (χ4n) is 5.39. The Labute approximate surface area is 264 Å². The molecule has 0 saturated carbocycles. The molecule has 0 radical (unpaired) electrons. The van der Waals surface area contributed by atoms with Crippen molar-refractivity contribution in [2.24, 2.45) is 0 Å². The Morgan fingerprint density at radius 3 is 2.11 bits per heavy atom. The van der Waals surface area contributed by atoms with Crippen molar-refractivity contribution in [1.29, 1.82) is 0 Å². The van der Waals surface area contributed by atoms with E-state index >= 15 is 0 Å². The highest BCUT2D eigenvalue weighted by Crippen LogP contribution is 2.34. The molecule has 0 atom stereocenters. The topological polar surface area (TPSA) is 98.8 Å². The summed E-state index contributed by atoms with van der Waals surface area (Å²) in [5, 5.41) is 5.94. The van der Waals surface area contributed by atoms with E-state index in [9.17, 15) is 19.2 Å². The normalized spacial score (nSPS) is 13.1. The van der Waals surface area contributed by atoms with Crippen LogP contribution in [0, 0.1) is 6.92 Å². The van der Waals surface area contributed by atoms with Gasteiger partial charge in [-0.2, -0.15) is 0 Å². The third kappa shape index (κ3) is 6.96. The predicted molar refractivity (Wildman–Crippen MR) is 179 cm³/mol. The van der Waals surface area contributed by atoms with Gasteiger partial charge in [-0.3, -0.25) is 19.2 Å². The Morgan fingerprint density at radius 2 is 1.42 bits per heavy atom. The Balaban J connectivity index is 1.34. The smallest absolute Gasteiger partial charge is 0.258 e. The SMILES string of the molecule is CCC(C)(C)NC(=O)CN1C(=O)CCN(C(=O)c2ccc(NC(=O)c3ccccc3-c3ccccc3C)cc2)c2ccccc21. The number of carbonyl (C=O) groups is 4. The van der Waals surface area contributed by atoms with Crippen molar-refractivity contribution in [3.8, 4) is 11.1 Å². The zero-order valence-corrected chi connectivity index (χ0v) is 26.1. The maximum Gasteiger partial charge on any atom is 0.258 e. The minimum Gasteiger partial charge on any atom is -0.350 e. The van der Waals surface area contributed by atoms with Crippen LogP contribution in [0.25, 0.3) is 11.1 Å². The van der Waals surface area contributed by atoms with E-state index in [1.54, 1.807) is 59.5 Å². The first-order valence-electron chi connectivity index (χ1n) is 15.2. The highest BCUT2D eigenvalue weighted by atomic mass is 16.2. The van der Waals surface area contributed by atoms with Gasteiger partial charge in [-0.05, 0) is 86.3 Å². The number of para-hydroxylation sites is 2. The van der Waals surface area contributed by atoms with Crippen LogP contribution in [0.5, 0.6) is 0 Å². The van der Waals surface area contributed by atoms with Gasteiger partial charge in [0.1, 0.15) is 6.54 Å². The highest BCUT2D eigenvalue weighted by molar-refractivity contribution is 6.13. The lowest BCUT2D eigenvalue weighted by molar-refractivity contribution is -0.124. The first kappa shape index (κ1) is 31.2. The molecule has 1 heterocycles. The molecule has 0 aromatic heterocycles. The molecule has 8 heteroatoms. The maximum absolute atomic E-state index is 13.8. The molecule has 8 nitrogen and oxygen atoms in total. The van der Waals surface area contributed by atoms with Crippen molar-refractivity contribution >= 4 is 40.7 Å². The molecule has 4 aromatic rings. The minimum atomic E-state index is -0.399. The number of amides is 4. The molecule has 45 heavy (non-hydrogen) atoms. The Bertz CT molecular complexity index is 1750. The molecule has 0 spiro atoms. The molecule has 4 aromatic carbocycles. The first-order chi connectivity index (χ1) is 21.6. The molecule has 5 rings (SSSR count). The standard InChI is InChI=1S/C37H38N4O4/c1-5-37(3,4)39-33(42)24-41-32-17-11-10-16-31(32)40(23-22-34(41)43)36(45)26-18-20-27(21-19-26)38-35(44)30-15-9-8-14-29(30)28-13-7-6-12-25(28)2/h6-21H,5,22-24H2,1-4H3,(H,38,44)(H,39,42). The van der Waals surface area contributed by atoms with Gasteiger partial charge in [0.25, 0.3) is 11.8 Å². The van der Waals surface area contributed by atoms with Crippen LogP contribution in [0.2, 0.25) is 0 Å². The van der Waals surface area contributed by atoms with Gasteiger partial charge in [0.2, 0.25) is 11.8 Å². The number of aryl methyl sites for hydroxylation is 1. The van der Waals surface area contributed by atoms with Gasteiger partial charge < -0.3 is 20.4 Å². The van der Waals surface area contributed by atoms with Crippen molar-refractivity contribution < 1.29 is 19.2 Å². The van der Waals surface area contributed by atoms with E-state index in [4.69, 9.17) is 0 Å². The molecule has 1 aliphatic rings. The fraction of sp³-hybridized carbons (Fsp3) is 0.243. The van der Waals surface area contributed by atoms with E-state index in [-0.39, 0.29) is 43.1 Å². The van der Waals surface area contributed by atoms with E-state index in [1.807, 2.05) is 70.2 Å². The number of rotatable bonds is 8. The molecule has 4 amide bonds. The van der Waals surface area contributed by atoms with Crippen LogP contribution in [0.3, 0.4) is 0 Å². The summed E-state index contributed by atoms with van der Waals surface area (Å²) in [6.45, 7) is 7.91.